The number of piperidine rings is 3. The summed E-state index contributed by atoms with van der Waals surface area (Å²) < 4.78 is 7.17. The van der Waals surface area contributed by atoms with Crippen LogP contribution < -0.4 is 4.74 Å². The van der Waals surface area contributed by atoms with Gasteiger partial charge in [0, 0.05) is 31.2 Å². The molecule has 6 heteroatoms. The number of likely N-dealkylation sites (tertiary alicyclic amines) is 1. The Morgan fingerprint density at radius 3 is 2.57 bits per heavy atom. The van der Waals surface area contributed by atoms with Crippen molar-refractivity contribution in [2.24, 2.45) is 5.92 Å². The third kappa shape index (κ3) is 2.73. The zero-order chi connectivity index (χ0) is 19.3. The number of methoxy groups -OCH3 is 1. The lowest BCUT2D eigenvalue weighted by molar-refractivity contribution is -0.00341. The van der Waals surface area contributed by atoms with Crippen molar-refractivity contribution < 1.29 is 9.53 Å². The van der Waals surface area contributed by atoms with Gasteiger partial charge in [0.2, 0.25) is 0 Å². The van der Waals surface area contributed by atoms with Crippen molar-refractivity contribution in [1.82, 2.24) is 19.6 Å². The first-order chi connectivity index (χ1) is 13.7. The molecule has 1 amide bonds. The van der Waals surface area contributed by atoms with E-state index in [1.807, 2.05) is 29.9 Å². The Kier molecular flexibility index (Phi) is 4.38. The highest BCUT2D eigenvalue weighted by Gasteiger charge is 2.54. The van der Waals surface area contributed by atoms with E-state index >= 15 is 0 Å². The van der Waals surface area contributed by atoms with Crippen LogP contribution in [-0.2, 0) is 6.54 Å². The van der Waals surface area contributed by atoms with Crippen molar-refractivity contribution in [3.63, 3.8) is 0 Å². The molecule has 4 aliphatic rings. The Morgan fingerprint density at radius 2 is 1.93 bits per heavy atom. The molecule has 0 unspecified atom stereocenters. The number of nitrogens with zero attached hydrogens (tertiary/aromatic N) is 4. The van der Waals surface area contributed by atoms with Gasteiger partial charge in [-0.1, -0.05) is 12.1 Å². The smallest absolute Gasteiger partial charge is 0.257 e. The fourth-order valence-electron chi connectivity index (χ4n) is 5.61. The lowest BCUT2D eigenvalue weighted by Crippen LogP contribution is -2.60. The molecule has 0 spiro atoms. The van der Waals surface area contributed by atoms with Crippen LogP contribution in [0.15, 0.2) is 36.7 Å². The van der Waals surface area contributed by atoms with Gasteiger partial charge >= 0.3 is 0 Å². The van der Waals surface area contributed by atoms with E-state index in [0.29, 0.717) is 29.5 Å². The number of aryl methyl sites for hydroxylation is 1. The molecular weight excluding hydrogens is 352 g/mol. The van der Waals surface area contributed by atoms with Gasteiger partial charge in [-0.2, -0.15) is 5.10 Å². The lowest BCUT2D eigenvalue weighted by atomic mass is 9.75. The topological polar surface area (TPSA) is 50.6 Å². The Hall–Kier alpha value is -2.34. The van der Waals surface area contributed by atoms with Crippen LogP contribution in [0.1, 0.15) is 41.6 Å². The van der Waals surface area contributed by atoms with Gasteiger partial charge in [-0.05, 0) is 56.5 Å². The average molecular weight is 380 g/mol. The molecule has 0 saturated carbocycles. The summed E-state index contributed by atoms with van der Waals surface area (Å²) in [4.78, 5) is 18.2. The third-order valence-corrected chi connectivity index (χ3v) is 7.00. The van der Waals surface area contributed by atoms with Gasteiger partial charge in [-0.15, -0.1) is 0 Å². The molecule has 0 N–H and O–H groups in total. The number of rotatable bonds is 4. The fourth-order valence-corrected chi connectivity index (χ4v) is 5.61. The molecule has 0 radical (unpaired) electrons. The summed E-state index contributed by atoms with van der Waals surface area (Å²) in [5.74, 6) is 1.98. The zero-order valence-electron chi connectivity index (χ0n) is 16.6. The molecule has 2 bridgehead atoms. The Labute approximate surface area is 166 Å². The molecule has 4 aliphatic heterocycles. The molecule has 0 aliphatic carbocycles. The fraction of sp³-hybridized carbons (Fsp3) is 0.545. The average Bonchev–Trinajstić information content (AvgIpc) is 3.40. The highest BCUT2D eigenvalue weighted by Crippen LogP contribution is 2.47. The minimum Gasteiger partial charge on any atom is -0.497 e. The number of aromatic nitrogens is 2. The van der Waals surface area contributed by atoms with Gasteiger partial charge in [-0.25, -0.2) is 0 Å². The Balaban J connectivity index is 1.48. The number of fused-ring (bicyclic) bond motifs is 2. The molecule has 3 atom stereocenters. The first-order valence-electron chi connectivity index (χ1n) is 10.4. The molecule has 148 valence electrons. The molecule has 6 nitrogen and oxygen atoms in total. The maximum absolute atomic E-state index is 13.4. The summed E-state index contributed by atoms with van der Waals surface area (Å²) in [6.45, 7) is 5.93. The number of amides is 1. The van der Waals surface area contributed by atoms with Crippen LogP contribution in [0.4, 0.5) is 0 Å². The largest absolute Gasteiger partial charge is 0.497 e. The number of carbonyl (C=O) groups excluding carboxylic acids is 1. The molecule has 5 heterocycles. The van der Waals surface area contributed by atoms with Crippen molar-refractivity contribution in [1.29, 1.82) is 0 Å². The van der Waals surface area contributed by atoms with E-state index in [0.717, 1.165) is 31.9 Å². The minimum absolute atomic E-state index is 0.138. The van der Waals surface area contributed by atoms with Crippen molar-refractivity contribution >= 4 is 5.91 Å². The molecule has 1 aromatic carbocycles. The molecule has 4 fully saturated rings. The van der Waals surface area contributed by atoms with Crippen LogP contribution >= 0.6 is 0 Å². The van der Waals surface area contributed by atoms with E-state index in [4.69, 9.17) is 4.74 Å². The quantitative estimate of drug-likeness (QED) is 0.818. The molecule has 2 aromatic rings. The normalized spacial score (nSPS) is 31.1. The van der Waals surface area contributed by atoms with E-state index in [1.54, 1.807) is 13.3 Å². The van der Waals surface area contributed by atoms with E-state index < -0.39 is 0 Å². The summed E-state index contributed by atoms with van der Waals surface area (Å²) in [5, 5.41) is 4.32. The van der Waals surface area contributed by atoms with E-state index in [1.165, 1.54) is 18.4 Å². The first-order valence-corrected chi connectivity index (χ1v) is 10.4. The number of hydrogen-bond acceptors (Lipinski definition) is 4. The minimum atomic E-state index is 0.138. The summed E-state index contributed by atoms with van der Waals surface area (Å²) in [7, 11) is 1.70. The Bertz CT molecular complexity index is 854. The SMILES string of the molecule is CCn1cc(C(=O)N2C[C@H](c3ccc(OC)cc3)[C@H]3[C@@H]2C2CCN3CC2)cn1. The van der Waals surface area contributed by atoms with Gasteiger partial charge in [0.05, 0.1) is 24.9 Å². The summed E-state index contributed by atoms with van der Waals surface area (Å²) >= 11 is 0. The second-order valence-electron chi connectivity index (χ2n) is 8.28. The second-order valence-corrected chi connectivity index (χ2v) is 8.28. The van der Waals surface area contributed by atoms with Gasteiger partial charge in [0.1, 0.15) is 5.75 Å². The number of carbonyl (C=O) groups is 1. The van der Waals surface area contributed by atoms with Gasteiger partial charge in [-0.3, -0.25) is 14.4 Å². The summed E-state index contributed by atoms with van der Waals surface area (Å²) in [6.07, 6.45) is 6.02. The van der Waals surface area contributed by atoms with Gasteiger partial charge in [0.15, 0.2) is 0 Å². The molecule has 4 saturated heterocycles. The Morgan fingerprint density at radius 1 is 1.18 bits per heavy atom. The van der Waals surface area contributed by atoms with Crippen LogP contribution in [0, 0.1) is 5.92 Å². The van der Waals surface area contributed by atoms with Crippen molar-refractivity contribution in [2.75, 3.05) is 26.7 Å². The monoisotopic (exact) mass is 380 g/mol. The molecular formula is C22H28N4O2. The molecule has 6 rings (SSSR count). The van der Waals surface area contributed by atoms with Gasteiger partial charge < -0.3 is 9.64 Å². The second kappa shape index (κ2) is 6.92. The zero-order valence-corrected chi connectivity index (χ0v) is 16.6. The first kappa shape index (κ1) is 17.7. The van der Waals surface area contributed by atoms with Crippen molar-refractivity contribution in [3.8, 4) is 5.75 Å². The van der Waals surface area contributed by atoms with E-state index in [-0.39, 0.29) is 5.91 Å². The number of ether oxygens (including phenoxy) is 1. The van der Waals surface area contributed by atoms with Crippen LogP contribution in [0.5, 0.6) is 5.75 Å². The van der Waals surface area contributed by atoms with Crippen LogP contribution in [0.3, 0.4) is 0 Å². The molecule has 28 heavy (non-hydrogen) atoms. The highest BCUT2D eigenvalue weighted by molar-refractivity contribution is 5.94. The van der Waals surface area contributed by atoms with Crippen molar-refractivity contribution in [3.05, 3.63) is 47.8 Å². The van der Waals surface area contributed by atoms with Crippen LogP contribution in [0.25, 0.3) is 0 Å². The number of hydrogen-bond donors (Lipinski definition) is 0. The predicted molar refractivity (Wildman–Crippen MR) is 107 cm³/mol. The lowest BCUT2D eigenvalue weighted by Gasteiger charge is -2.51. The van der Waals surface area contributed by atoms with Crippen LogP contribution in [-0.4, -0.2) is 64.3 Å². The van der Waals surface area contributed by atoms with E-state index in [2.05, 4.69) is 27.0 Å². The molecule has 1 aromatic heterocycles. The van der Waals surface area contributed by atoms with E-state index in [9.17, 15) is 4.79 Å². The predicted octanol–water partition coefficient (Wildman–Crippen LogP) is 2.61. The maximum Gasteiger partial charge on any atom is 0.257 e. The van der Waals surface area contributed by atoms with Gasteiger partial charge in [0.25, 0.3) is 5.91 Å². The number of benzene rings is 1. The summed E-state index contributed by atoms with van der Waals surface area (Å²) in [6, 6.07) is 9.16. The maximum atomic E-state index is 13.4. The van der Waals surface area contributed by atoms with Crippen molar-refractivity contribution in [2.45, 2.75) is 44.3 Å². The highest BCUT2D eigenvalue weighted by atomic mass is 16.5. The summed E-state index contributed by atoms with van der Waals surface area (Å²) in [5.41, 5.74) is 2.02. The third-order valence-electron chi connectivity index (χ3n) is 7.00. The van der Waals surface area contributed by atoms with Crippen LogP contribution in [0.2, 0.25) is 0 Å². The standard InChI is InChI=1S/C22H28N4O2/c1-3-25-13-17(12-23-25)22(27)26-14-19(15-4-6-18(28-2)7-5-15)21-20(26)16-8-10-24(21)11-9-16/h4-7,12-13,16,19-21H,3,8-11,14H2,1-2H3/t19-,20+,21+/m1/s1.